The number of hydrogen-bond donors (Lipinski definition) is 1. The van der Waals surface area contributed by atoms with Crippen LogP contribution in [0.2, 0.25) is 5.02 Å². The van der Waals surface area contributed by atoms with Crippen LogP contribution in [0.15, 0.2) is 22.7 Å². The lowest BCUT2D eigenvalue weighted by atomic mass is 9.90. The fourth-order valence-corrected chi connectivity index (χ4v) is 2.67. The van der Waals surface area contributed by atoms with Gasteiger partial charge in [-0.25, -0.2) is 4.79 Å². The molecule has 0 heterocycles. The maximum atomic E-state index is 12.3. The zero-order valence-corrected chi connectivity index (χ0v) is 14.5. The molecule has 1 rings (SSSR count). The summed E-state index contributed by atoms with van der Waals surface area (Å²) in [5, 5.41) is 3.98. The molecule has 0 radical (unpaired) electrons. The van der Waals surface area contributed by atoms with Crippen molar-refractivity contribution < 1.29 is 9.53 Å². The minimum Gasteiger partial charge on any atom is -0.464 e. The number of esters is 1. The molecular formula is C15H21BrClNO2. The molecule has 1 aromatic carbocycles. The van der Waals surface area contributed by atoms with Gasteiger partial charge in [-0.15, -0.1) is 0 Å². The summed E-state index contributed by atoms with van der Waals surface area (Å²) < 4.78 is 6.04. The molecule has 1 aromatic rings. The van der Waals surface area contributed by atoms with E-state index in [1.165, 1.54) is 0 Å². The van der Waals surface area contributed by atoms with Crippen LogP contribution in [0.25, 0.3) is 0 Å². The Kier molecular flexibility index (Phi) is 6.83. The Bertz CT molecular complexity index is 467. The van der Waals surface area contributed by atoms with Crippen molar-refractivity contribution in [1.82, 2.24) is 0 Å². The Labute approximate surface area is 134 Å². The minimum atomic E-state index is -0.683. The minimum absolute atomic E-state index is 0.199. The molecule has 3 nitrogen and oxygen atoms in total. The molecule has 0 aliphatic rings. The maximum Gasteiger partial charge on any atom is 0.331 e. The van der Waals surface area contributed by atoms with E-state index in [-0.39, 0.29) is 5.97 Å². The third-order valence-electron chi connectivity index (χ3n) is 3.25. The molecule has 0 aliphatic heterocycles. The van der Waals surface area contributed by atoms with Gasteiger partial charge in [-0.3, -0.25) is 0 Å². The summed E-state index contributed by atoms with van der Waals surface area (Å²) in [6.45, 7) is 6.26. The van der Waals surface area contributed by atoms with Gasteiger partial charge in [0.05, 0.1) is 11.6 Å². The Balaban J connectivity index is 3.04. The first-order valence-corrected chi connectivity index (χ1v) is 8.06. The summed E-state index contributed by atoms with van der Waals surface area (Å²) in [4.78, 5) is 12.3. The molecule has 0 aromatic heterocycles. The molecule has 0 fully saturated rings. The highest BCUT2D eigenvalue weighted by molar-refractivity contribution is 9.10. The van der Waals surface area contributed by atoms with Crippen molar-refractivity contribution in [2.75, 3.05) is 11.9 Å². The van der Waals surface area contributed by atoms with E-state index < -0.39 is 5.54 Å². The van der Waals surface area contributed by atoms with Gasteiger partial charge in [-0.1, -0.05) is 31.9 Å². The highest BCUT2D eigenvalue weighted by Crippen LogP contribution is 2.30. The Hall–Kier alpha value is -0.740. The summed E-state index contributed by atoms with van der Waals surface area (Å²) in [5.74, 6) is -0.199. The zero-order valence-electron chi connectivity index (χ0n) is 12.1. The smallest absolute Gasteiger partial charge is 0.331 e. The number of carbonyl (C=O) groups is 1. The lowest BCUT2D eigenvalue weighted by molar-refractivity contribution is -0.149. The van der Waals surface area contributed by atoms with Crippen molar-refractivity contribution >= 4 is 39.2 Å². The number of halogens is 2. The fourth-order valence-electron chi connectivity index (χ4n) is 2.17. The van der Waals surface area contributed by atoms with Crippen molar-refractivity contribution in [2.24, 2.45) is 0 Å². The van der Waals surface area contributed by atoms with Crippen molar-refractivity contribution in [3.8, 4) is 0 Å². The highest BCUT2D eigenvalue weighted by atomic mass is 79.9. The third-order valence-corrected chi connectivity index (χ3v) is 4.46. The van der Waals surface area contributed by atoms with Gasteiger partial charge in [0.2, 0.25) is 0 Å². The van der Waals surface area contributed by atoms with Gasteiger partial charge in [0.15, 0.2) is 0 Å². The predicted molar refractivity (Wildman–Crippen MR) is 87.3 cm³/mol. The zero-order chi connectivity index (χ0) is 15.2. The fraction of sp³-hybridized carbons (Fsp3) is 0.533. The number of nitrogens with one attached hydrogen (secondary N) is 1. The average Bonchev–Trinajstić information content (AvgIpc) is 2.42. The number of ether oxygens (including phenoxy) is 1. The lowest BCUT2D eigenvalue weighted by Crippen LogP contribution is -2.47. The number of hydrogen-bond acceptors (Lipinski definition) is 3. The Morgan fingerprint density at radius 1 is 1.40 bits per heavy atom. The first-order valence-electron chi connectivity index (χ1n) is 6.89. The Morgan fingerprint density at radius 2 is 2.10 bits per heavy atom. The third kappa shape index (κ3) is 4.13. The van der Waals surface area contributed by atoms with Crippen LogP contribution < -0.4 is 5.32 Å². The SMILES string of the molecule is CCCC(CC)(Nc1ccc(Cl)c(Br)c1)C(=O)OCC. The van der Waals surface area contributed by atoms with E-state index in [9.17, 15) is 4.79 Å². The standard InChI is InChI=1S/C15H21BrClNO2/c1-4-9-15(5-2,14(19)20-6-3)18-11-7-8-13(17)12(16)10-11/h7-8,10,18H,4-6,9H2,1-3H3. The van der Waals surface area contributed by atoms with Gasteiger partial charge in [-0.05, 0) is 53.9 Å². The van der Waals surface area contributed by atoms with Gasteiger partial charge in [0, 0.05) is 10.2 Å². The highest BCUT2D eigenvalue weighted by Gasteiger charge is 2.37. The first-order chi connectivity index (χ1) is 9.49. The lowest BCUT2D eigenvalue weighted by Gasteiger charge is -2.32. The van der Waals surface area contributed by atoms with Crippen LogP contribution in [0.4, 0.5) is 5.69 Å². The number of rotatable bonds is 7. The van der Waals surface area contributed by atoms with E-state index in [0.717, 1.165) is 23.0 Å². The van der Waals surface area contributed by atoms with Gasteiger partial charge in [0.25, 0.3) is 0 Å². The molecule has 20 heavy (non-hydrogen) atoms. The van der Waals surface area contributed by atoms with Gasteiger partial charge < -0.3 is 10.1 Å². The van der Waals surface area contributed by atoms with Crippen LogP contribution in [0.3, 0.4) is 0 Å². The molecule has 0 spiro atoms. The van der Waals surface area contributed by atoms with Crippen LogP contribution in [0.5, 0.6) is 0 Å². The normalized spacial score (nSPS) is 13.7. The second kappa shape index (κ2) is 7.89. The molecule has 112 valence electrons. The average molecular weight is 363 g/mol. The Morgan fingerprint density at radius 3 is 2.60 bits per heavy atom. The van der Waals surface area contributed by atoms with E-state index in [1.54, 1.807) is 6.07 Å². The summed E-state index contributed by atoms with van der Waals surface area (Å²) >= 11 is 9.39. The molecule has 1 unspecified atom stereocenters. The van der Waals surface area contributed by atoms with E-state index in [1.807, 2.05) is 26.0 Å². The van der Waals surface area contributed by atoms with E-state index >= 15 is 0 Å². The summed E-state index contributed by atoms with van der Waals surface area (Å²) in [5.41, 5.74) is 0.169. The quantitative estimate of drug-likeness (QED) is 0.692. The second-order valence-electron chi connectivity index (χ2n) is 4.66. The van der Waals surface area contributed by atoms with E-state index in [2.05, 4.69) is 28.2 Å². The maximum absolute atomic E-state index is 12.3. The molecule has 5 heteroatoms. The predicted octanol–water partition coefficient (Wildman–Crippen LogP) is 5.03. The molecule has 0 bridgehead atoms. The van der Waals surface area contributed by atoms with E-state index in [4.69, 9.17) is 16.3 Å². The molecule has 1 N–H and O–H groups in total. The summed E-state index contributed by atoms with van der Waals surface area (Å²) in [6.07, 6.45) is 2.29. The molecule has 0 aliphatic carbocycles. The van der Waals surface area contributed by atoms with Crippen LogP contribution in [0, 0.1) is 0 Å². The van der Waals surface area contributed by atoms with Crippen LogP contribution in [-0.4, -0.2) is 18.1 Å². The monoisotopic (exact) mass is 361 g/mol. The second-order valence-corrected chi connectivity index (χ2v) is 5.92. The largest absolute Gasteiger partial charge is 0.464 e. The van der Waals surface area contributed by atoms with Crippen molar-refractivity contribution in [1.29, 1.82) is 0 Å². The molecule has 0 amide bonds. The van der Waals surface area contributed by atoms with Crippen LogP contribution in [0.1, 0.15) is 40.0 Å². The van der Waals surface area contributed by atoms with Gasteiger partial charge >= 0.3 is 5.97 Å². The van der Waals surface area contributed by atoms with Crippen molar-refractivity contribution in [2.45, 2.75) is 45.6 Å². The molecule has 0 saturated heterocycles. The number of benzene rings is 1. The molecule has 1 atom stereocenters. The summed E-state index contributed by atoms with van der Waals surface area (Å²) in [6, 6.07) is 5.54. The number of carbonyl (C=O) groups excluding carboxylic acids is 1. The van der Waals surface area contributed by atoms with Crippen molar-refractivity contribution in [3.05, 3.63) is 27.7 Å². The first kappa shape index (κ1) is 17.3. The number of anilines is 1. The van der Waals surface area contributed by atoms with Gasteiger partial charge in [-0.2, -0.15) is 0 Å². The van der Waals surface area contributed by atoms with Gasteiger partial charge in [0.1, 0.15) is 5.54 Å². The molecular weight excluding hydrogens is 342 g/mol. The van der Waals surface area contributed by atoms with Crippen LogP contribution in [-0.2, 0) is 9.53 Å². The molecule has 0 saturated carbocycles. The summed E-state index contributed by atoms with van der Waals surface area (Å²) in [7, 11) is 0. The van der Waals surface area contributed by atoms with Crippen molar-refractivity contribution in [3.63, 3.8) is 0 Å². The van der Waals surface area contributed by atoms with Crippen LogP contribution >= 0.6 is 27.5 Å². The topological polar surface area (TPSA) is 38.3 Å². The van der Waals surface area contributed by atoms with E-state index in [0.29, 0.717) is 18.1 Å².